The number of carbonyl (C=O) groups is 2. The fraction of sp³-hybridized carbons (Fsp3) is 0.185. The second-order valence-corrected chi connectivity index (χ2v) is 8.22. The molecule has 5 nitrogen and oxygen atoms in total. The number of aliphatic hydroxyl groups excluding tert-OH is 1. The Bertz CT molecular complexity index is 1280. The zero-order valence-electron chi connectivity index (χ0n) is 18.8. The van der Waals surface area contributed by atoms with Gasteiger partial charge in [0.2, 0.25) is 0 Å². The molecule has 0 radical (unpaired) electrons. The van der Waals surface area contributed by atoms with Gasteiger partial charge >= 0.3 is 0 Å². The number of methoxy groups -OCH3 is 1. The number of hydrogen-bond donors (Lipinski definition) is 1. The van der Waals surface area contributed by atoms with Crippen molar-refractivity contribution in [2.75, 3.05) is 12.0 Å². The molecule has 0 bridgehead atoms. The summed E-state index contributed by atoms with van der Waals surface area (Å²) in [6.07, 6.45) is 0. The highest BCUT2D eigenvalue weighted by atomic mass is 19.1. The topological polar surface area (TPSA) is 66.8 Å². The number of ether oxygens (including phenoxy) is 1. The van der Waals surface area contributed by atoms with Gasteiger partial charge in [0.05, 0.1) is 24.3 Å². The number of ketones is 1. The molecule has 0 aromatic heterocycles. The molecule has 1 unspecified atom stereocenters. The van der Waals surface area contributed by atoms with Crippen molar-refractivity contribution in [2.45, 2.75) is 26.8 Å². The van der Waals surface area contributed by atoms with Crippen LogP contribution in [-0.4, -0.2) is 23.9 Å². The van der Waals surface area contributed by atoms with Crippen LogP contribution in [0.25, 0.3) is 5.76 Å². The number of nitrogens with zero attached hydrogens (tertiary/aromatic N) is 1. The van der Waals surface area contributed by atoms with E-state index in [9.17, 15) is 19.1 Å². The van der Waals surface area contributed by atoms with Gasteiger partial charge in [0.25, 0.3) is 11.7 Å². The van der Waals surface area contributed by atoms with Crippen molar-refractivity contribution in [1.82, 2.24) is 0 Å². The van der Waals surface area contributed by atoms with E-state index in [1.807, 2.05) is 39.0 Å². The molecule has 1 aliphatic rings. The van der Waals surface area contributed by atoms with Gasteiger partial charge in [0, 0.05) is 5.69 Å². The maximum absolute atomic E-state index is 13.7. The van der Waals surface area contributed by atoms with E-state index in [2.05, 4.69) is 0 Å². The maximum atomic E-state index is 13.7. The molecule has 33 heavy (non-hydrogen) atoms. The quantitative estimate of drug-likeness (QED) is 0.332. The monoisotopic (exact) mass is 445 g/mol. The fourth-order valence-corrected chi connectivity index (χ4v) is 4.31. The molecular formula is C27H24FNO4. The number of anilines is 1. The normalized spacial score (nSPS) is 17.5. The number of aryl methyl sites for hydroxylation is 3. The predicted molar refractivity (Wildman–Crippen MR) is 125 cm³/mol. The Balaban J connectivity index is 2.00. The summed E-state index contributed by atoms with van der Waals surface area (Å²) in [6, 6.07) is 15.4. The van der Waals surface area contributed by atoms with Gasteiger partial charge in [0.15, 0.2) is 0 Å². The number of carbonyl (C=O) groups excluding carboxylic acids is 2. The predicted octanol–water partition coefficient (Wildman–Crippen LogP) is 5.39. The number of halogens is 1. The van der Waals surface area contributed by atoms with Crippen LogP contribution in [0.2, 0.25) is 0 Å². The average Bonchev–Trinajstić information content (AvgIpc) is 3.04. The first-order valence-corrected chi connectivity index (χ1v) is 10.5. The second kappa shape index (κ2) is 8.54. The van der Waals surface area contributed by atoms with Crippen LogP contribution in [0.1, 0.15) is 33.9 Å². The summed E-state index contributed by atoms with van der Waals surface area (Å²) in [6.45, 7) is 5.62. The minimum atomic E-state index is -0.932. The molecule has 3 aromatic carbocycles. The molecule has 1 fully saturated rings. The summed E-state index contributed by atoms with van der Waals surface area (Å²) in [7, 11) is 1.48. The summed E-state index contributed by atoms with van der Waals surface area (Å²) < 4.78 is 19.2. The van der Waals surface area contributed by atoms with Crippen molar-refractivity contribution in [2.24, 2.45) is 0 Å². The molecule has 0 saturated carbocycles. The molecule has 4 rings (SSSR count). The molecule has 6 heteroatoms. The number of benzene rings is 3. The number of amides is 1. The van der Waals surface area contributed by atoms with Gasteiger partial charge in [-0.3, -0.25) is 14.5 Å². The van der Waals surface area contributed by atoms with E-state index < -0.39 is 23.5 Å². The van der Waals surface area contributed by atoms with Gasteiger partial charge in [-0.1, -0.05) is 35.9 Å². The SMILES string of the molecule is COc1c(C)cc(C)cc1/C(O)=C1\C(=O)C(=O)N(c2ccc(C)cc2)C1c1ccc(F)cc1. The van der Waals surface area contributed by atoms with Gasteiger partial charge in [-0.15, -0.1) is 0 Å². The second-order valence-electron chi connectivity index (χ2n) is 8.22. The van der Waals surface area contributed by atoms with Crippen molar-refractivity contribution in [3.05, 3.63) is 99.9 Å². The lowest BCUT2D eigenvalue weighted by molar-refractivity contribution is -0.132. The minimum Gasteiger partial charge on any atom is -0.507 e. The van der Waals surface area contributed by atoms with E-state index in [-0.39, 0.29) is 11.3 Å². The zero-order valence-corrected chi connectivity index (χ0v) is 18.8. The van der Waals surface area contributed by atoms with E-state index in [4.69, 9.17) is 4.74 Å². The lowest BCUT2D eigenvalue weighted by Gasteiger charge is -2.26. The first kappa shape index (κ1) is 22.3. The van der Waals surface area contributed by atoms with Crippen molar-refractivity contribution in [3.63, 3.8) is 0 Å². The fourth-order valence-electron chi connectivity index (χ4n) is 4.31. The van der Waals surface area contributed by atoms with Gasteiger partial charge < -0.3 is 9.84 Å². The van der Waals surface area contributed by atoms with Crippen LogP contribution < -0.4 is 9.64 Å². The Labute approximate surface area is 191 Å². The van der Waals surface area contributed by atoms with E-state index in [1.165, 1.54) is 36.3 Å². The van der Waals surface area contributed by atoms with Crippen LogP contribution in [0.4, 0.5) is 10.1 Å². The van der Waals surface area contributed by atoms with E-state index >= 15 is 0 Å². The van der Waals surface area contributed by atoms with Crippen molar-refractivity contribution in [1.29, 1.82) is 0 Å². The van der Waals surface area contributed by atoms with Crippen LogP contribution >= 0.6 is 0 Å². The highest BCUT2D eigenvalue weighted by Crippen LogP contribution is 2.43. The molecular weight excluding hydrogens is 421 g/mol. The van der Waals surface area contributed by atoms with Crippen LogP contribution in [0, 0.1) is 26.6 Å². The Hall–Kier alpha value is -3.93. The molecule has 1 amide bonds. The molecule has 3 aromatic rings. The summed E-state index contributed by atoms with van der Waals surface area (Å²) >= 11 is 0. The highest BCUT2D eigenvalue weighted by Gasteiger charge is 2.47. The van der Waals surface area contributed by atoms with Gasteiger partial charge in [-0.25, -0.2) is 4.39 Å². The Kier molecular flexibility index (Phi) is 5.77. The largest absolute Gasteiger partial charge is 0.507 e. The molecule has 1 atom stereocenters. The molecule has 1 heterocycles. The van der Waals surface area contributed by atoms with Gasteiger partial charge in [-0.05, 0) is 67.8 Å². The average molecular weight is 445 g/mol. The van der Waals surface area contributed by atoms with Crippen LogP contribution in [-0.2, 0) is 9.59 Å². The third kappa shape index (κ3) is 3.89. The summed E-state index contributed by atoms with van der Waals surface area (Å²) in [4.78, 5) is 27.8. The zero-order chi connectivity index (χ0) is 23.9. The number of Topliss-reactive ketones (excluding diaryl/α,β-unsaturated/α-hetero) is 1. The lowest BCUT2D eigenvalue weighted by Crippen LogP contribution is -2.29. The molecule has 168 valence electrons. The smallest absolute Gasteiger partial charge is 0.300 e. The van der Waals surface area contributed by atoms with E-state index in [1.54, 1.807) is 18.2 Å². The first-order chi connectivity index (χ1) is 15.7. The minimum absolute atomic E-state index is 0.0736. The third-order valence-corrected chi connectivity index (χ3v) is 5.82. The maximum Gasteiger partial charge on any atom is 0.300 e. The van der Waals surface area contributed by atoms with Crippen LogP contribution in [0.3, 0.4) is 0 Å². The number of rotatable bonds is 4. The molecule has 0 aliphatic carbocycles. The van der Waals surface area contributed by atoms with Gasteiger partial charge in [-0.2, -0.15) is 0 Å². The van der Waals surface area contributed by atoms with Crippen molar-refractivity contribution >= 4 is 23.1 Å². The standard InChI is InChI=1S/C27H24FNO4/c1-15-5-11-20(12-6-15)29-23(18-7-9-19(28)10-8-18)22(25(31)27(29)32)24(30)21-14-16(2)13-17(3)26(21)33-4/h5-14,23,30H,1-4H3/b24-22+. The van der Waals surface area contributed by atoms with E-state index in [0.29, 0.717) is 22.6 Å². The lowest BCUT2D eigenvalue weighted by atomic mass is 9.93. The Morgan fingerprint density at radius 1 is 0.939 bits per heavy atom. The van der Waals surface area contributed by atoms with Crippen molar-refractivity contribution < 1.29 is 23.8 Å². The highest BCUT2D eigenvalue weighted by molar-refractivity contribution is 6.51. The van der Waals surface area contributed by atoms with E-state index in [0.717, 1.165) is 16.7 Å². The number of hydrogen-bond acceptors (Lipinski definition) is 4. The summed E-state index contributed by atoms with van der Waals surface area (Å²) in [5, 5.41) is 11.4. The van der Waals surface area contributed by atoms with Gasteiger partial charge in [0.1, 0.15) is 17.3 Å². The van der Waals surface area contributed by atoms with Crippen LogP contribution in [0.5, 0.6) is 5.75 Å². The summed E-state index contributed by atoms with van der Waals surface area (Å²) in [5.41, 5.74) is 3.89. The Morgan fingerprint density at radius 3 is 2.18 bits per heavy atom. The molecule has 0 spiro atoms. The first-order valence-electron chi connectivity index (χ1n) is 10.5. The summed E-state index contributed by atoms with van der Waals surface area (Å²) in [5.74, 6) is -1.94. The molecule has 1 saturated heterocycles. The molecule has 1 N–H and O–H groups in total. The number of aliphatic hydroxyl groups is 1. The Morgan fingerprint density at radius 2 is 1.58 bits per heavy atom. The third-order valence-electron chi connectivity index (χ3n) is 5.82. The van der Waals surface area contributed by atoms with Crippen molar-refractivity contribution in [3.8, 4) is 5.75 Å². The van der Waals surface area contributed by atoms with Crippen LogP contribution in [0.15, 0.2) is 66.2 Å². The molecule has 1 aliphatic heterocycles.